The van der Waals surface area contributed by atoms with Crippen LogP contribution in [0.4, 0.5) is 11.6 Å². The largest absolute Gasteiger partial charge is 0.504 e. The molecule has 1 aliphatic heterocycles. The fraction of sp³-hybridized carbons (Fsp3) is 0.286. The van der Waals surface area contributed by atoms with Crippen molar-refractivity contribution in [2.24, 2.45) is 0 Å². The second-order valence-corrected chi connectivity index (χ2v) is 4.69. The molecule has 3 heterocycles. The second kappa shape index (κ2) is 6.35. The fourth-order valence-electron chi connectivity index (χ4n) is 2.10. The summed E-state index contributed by atoms with van der Waals surface area (Å²) in [4.78, 5) is 26.3. The molecule has 1 aliphatic rings. The van der Waals surface area contributed by atoms with Crippen LogP contribution in [0.3, 0.4) is 0 Å². The Labute approximate surface area is 126 Å². The monoisotopic (exact) mass is 301 g/mol. The fourth-order valence-corrected chi connectivity index (χ4v) is 2.10. The van der Waals surface area contributed by atoms with Crippen LogP contribution in [0.1, 0.15) is 10.5 Å². The van der Waals surface area contributed by atoms with E-state index >= 15 is 0 Å². The summed E-state index contributed by atoms with van der Waals surface area (Å²) in [7, 11) is 0. The van der Waals surface area contributed by atoms with Gasteiger partial charge in [0.25, 0.3) is 5.91 Å². The summed E-state index contributed by atoms with van der Waals surface area (Å²) in [6.45, 7) is 2.71. The van der Waals surface area contributed by atoms with E-state index < -0.39 is 5.91 Å². The molecule has 0 spiro atoms. The number of carbonyl (C=O) groups excluding carboxylic acids is 1. The van der Waals surface area contributed by atoms with E-state index in [0.717, 1.165) is 13.1 Å². The molecule has 1 saturated heterocycles. The third-order valence-electron chi connectivity index (χ3n) is 3.24. The van der Waals surface area contributed by atoms with E-state index in [1.54, 1.807) is 12.1 Å². The van der Waals surface area contributed by atoms with Crippen molar-refractivity contribution < 1.29 is 14.6 Å². The summed E-state index contributed by atoms with van der Waals surface area (Å²) in [5, 5.41) is 12.2. The van der Waals surface area contributed by atoms with Gasteiger partial charge in [0.1, 0.15) is 17.8 Å². The van der Waals surface area contributed by atoms with Crippen molar-refractivity contribution in [2.45, 2.75) is 0 Å². The molecular weight excluding hydrogens is 286 g/mol. The van der Waals surface area contributed by atoms with Gasteiger partial charge in [-0.25, -0.2) is 15.0 Å². The van der Waals surface area contributed by atoms with Gasteiger partial charge in [0.2, 0.25) is 0 Å². The highest BCUT2D eigenvalue weighted by atomic mass is 16.5. The summed E-state index contributed by atoms with van der Waals surface area (Å²) in [5.41, 5.74) is 0.210. The molecule has 0 aromatic carbocycles. The first-order chi connectivity index (χ1) is 10.7. The van der Waals surface area contributed by atoms with Gasteiger partial charge in [0, 0.05) is 25.4 Å². The highest BCUT2D eigenvalue weighted by Crippen LogP contribution is 2.19. The molecule has 2 N–H and O–H groups in total. The molecule has 3 rings (SSSR count). The predicted molar refractivity (Wildman–Crippen MR) is 78.9 cm³/mol. The molecule has 8 heteroatoms. The molecule has 2 aromatic heterocycles. The molecule has 0 atom stereocenters. The van der Waals surface area contributed by atoms with Crippen LogP contribution in [0.5, 0.6) is 5.75 Å². The van der Waals surface area contributed by atoms with Crippen molar-refractivity contribution in [1.82, 2.24) is 15.0 Å². The second-order valence-electron chi connectivity index (χ2n) is 4.69. The van der Waals surface area contributed by atoms with Crippen LogP contribution in [0.15, 0.2) is 30.7 Å². The van der Waals surface area contributed by atoms with Crippen molar-refractivity contribution in [2.75, 3.05) is 36.5 Å². The van der Waals surface area contributed by atoms with E-state index in [1.807, 2.05) is 4.90 Å². The minimum absolute atomic E-state index is 0.0963. The lowest BCUT2D eigenvalue weighted by Crippen LogP contribution is -2.37. The molecule has 0 radical (unpaired) electrons. The first kappa shape index (κ1) is 14.2. The maximum Gasteiger partial charge on any atom is 0.275 e. The zero-order valence-electron chi connectivity index (χ0n) is 11.8. The average Bonchev–Trinajstić information content (AvgIpc) is 2.58. The van der Waals surface area contributed by atoms with Crippen LogP contribution in [0.25, 0.3) is 0 Å². The number of morpholine rings is 1. The van der Waals surface area contributed by atoms with Crippen LogP contribution in [-0.2, 0) is 4.74 Å². The smallest absolute Gasteiger partial charge is 0.275 e. The SMILES string of the molecule is O=C(Nc1ncccc1O)c1cc(N2CCOCC2)ncn1. The van der Waals surface area contributed by atoms with Gasteiger partial charge < -0.3 is 20.1 Å². The molecule has 0 aliphatic carbocycles. The van der Waals surface area contributed by atoms with Crippen molar-refractivity contribution in [3.63, 3.8) is 0 Å². The quantitative estimate of drug-likeness (QED) is 0.859. The molecule has 8 nitrogen and oxygen atoms in total. The molecule has 1 amide bonds. The van der Waals surface area contributed by atoms with E-state index in [9.17, 15) is 9.90 Å². The number of hydrogen-bond donors (Lipinski definition) is 2. The van der Waals surface area contributed by atoms with Gasteiger partial charge in [0.15, 0.2) is 11.6 Å². The molecule has 2 aromatic rings. The van der Waals surface area contributed by atoms with Crippen molar-refractivity contribution in [3.8, 4) is 5.75 Å². The van der Waals surface area contributed by atoms with Gasteiger partial charge in [-0.2, -0.15) is 0 Å². The van der Waals surface area contributed by atoms with Gasteiger partial charge in [-0.15, -0.1) is 0 Å². The Morgan fingerprint density at radius 2 is 2.09 bits per heavy atom. The third kappa shape index (κ3) is 3.12. The Kier molecular flexibility index (Phi) is 4.10. The van der Waals surface area contributed by atoms with Crippen LogP contribution in [0, 0.1) is 0 Å². The zero-order chi connectivity index (χ0) is 15.4. The normalized spacial score (nSPS) is 14.6. The number of nitrogens with one attached hydrogen (secondary N) is 1. The number of ether oxygens (including phenoxy) is 1. The molecule has 0 unspecified atom stereocenters. The maximum absolute atomic E-state index is 12.2. The highest BCUT2D eigenvalue weighted by Gasteiger charge is 2.16. The lowest BCUT2D eigenvalue weighted by atomic mass is 10.3. The minimum Gasteiger partial charge on any atom is -0.504 e. The van der Waals surface area contributed by atoms with Crippen LogP contribution < -0.4 is 10.2 Å². The molecular formula is C14H15N5O3. The number of carbonyl (C=O) groups is 1. The van der Waals surface area contributed by atoms with E-state index in [4.69, 9.17) is 4.74 Å². The number of rotatable bonds is 3. The van der Waals surface area contributed by atoms with Crippen molar-refractivity contribution >= 4 is 17.5 Å². The Bertz CT molecular complexity index is 673. The number of aromatic nitrogens is 3. The van der Waals surface area contributed by atoms with Gasteiger partial charge in [-0.3, -0.25) is 4.79 Å². The van der Waals surface area contributed by atoms with Crippen LogP contribution >= 0.6 is 0 Å². The summed E-state index contributed by atoms with van der Waals surface area (Å²) >= 11 is 0. The van der Waals surface area contributed by atoms with Crippen LogP contribution in [-0.4, -0.2) is 52.3 Å². The predicted octanol–water partition coefficient (Wildman–Crippen LogP) is 0.666. The standard InChI is InChI=1S/C14H15N5O3/c20-11-2-1-3-15-13(11)18-14(21)10-8-12(17-9-16-10)19-4-6-22-7-5-19/h1-3,8-9,20H,4-7H2,(H,15,18,21). The Hall–Kier alpha value is -2.74. The number of hydrogen-bond acceptors (Lipinski definition) is 7. The number of anilines is 2. The maximum atomic E-state index is 12.2. The Balaban J connectivity index is 1.76. The lowest BCUT2D eigenvalue weighted by molar-refractivity contribution is 0.102. The average molecular weight is 301 g/mol. The number of pyridine rings is 1. The van der Waals surface area contributed by atoms with E-state index in [2.05, 4.69) is 20.3 Å². The summed E-state index contributed by atoms with van der Waals surface area (Å²) in [6.07, 6.45) is 2.83. The molecule has 114 valence electrons. The highest BCUT2D eigenvalue weighted by molar-refractivity contribution is 6.03. The number of nitrogens with zero attached hydrogens (tertiary/aromatic N) is 4. The summed E-state index contributed by atoms with van der Waals surface area (Å²) < 4.78 is 5.29. The van der Waals surface area contributed by atoms with E-state index in [-0.39, 0.29) is 17.3 Å². The Morgan fingerprint density at radius 1 is 1.27 bits per heavy atom. The summed E-state index contributed by atoms with van der Waals surface area (Å²) in [6, 6.07) is 4.63. The van der Waals surface area contributed by atoms with E-state index in [0.29, 0.717) is 19.0 Å². The molecule has 22 heavy (non-hydrogen) atoms. The van der Waals surface area contributed by atoms with Gasteiger partial charge in [-0.05, 0) is 12.1 Å². The zero-order valence-corrected chi connectivity index (χ0v) is 11.8. The van der Waals surface area contributed by atoms with E-state index in [1.165, 1.54) is 18.6 Å². The molecule has 0 saturated carbocycles. The minimum atomic E-state index is -0.453. The van der Waals surface area contributed by atoms with Gasteiger partial charge >= 0.3 is 0 Å². The van der Waals surface area contributed by atoms with Crippen molar-refractivity contribution in [1.29, 1.82) is 0 Å². The third-order valence-corrected chi connectivity index (χ3v) is 3.24. The Morgan fingerprint density at radius 3 is 2.86 bits per heavy atom. The topological polar surface area (TPSA) is 100 Å². The first-order valence-corrected chi connectivity index (χ1v) is 6.84. The van der Waals surface area contributed by atoms with Gasteiger partial charge in [-0.1, -0.05) is 0 Å². The molecule has 0 bridgehead atoms. The summed E-state index contributed by atoms with van der Waals surface area (Å²) in [5.74, 6) is 0.219. The van der Waals surface area contributed by atoms with Gasteiger partial charge in [0.05, 0.1) is 13.2 Å². The number of aromatic hydroxyl groups is 1. The van der Waals surface area contributed by atoms with Crippen LogP contribution in [0.2, 0.25) is 0 Å². The lowest BCUT2D eigenvalue weighted by Gasteiger charge is -2.27. The molecule has 1 fully saturated rings. The first-order valence-electron chi connectivity index (χ1n) is 6.84. The number of amides is 1. The van der Waals surface area contributed by atoms with Crippen molar-refractivity contribution in [3.05, 3.63) is 36.4 Å².